The average molecular weight is 199 g/mol. The fourth-order valence-corrected chi connectivity index (χ4v) is 1.37. The molecule has 0 saturated carbocycles. The Labute approximate surface area is 86.3 Å². The molecular formula is C11H21NO2. The van der Waals surface area contributed by atoms with E-state index in [0.29, 0.717) is 5.92 Å². The number of amides is 1. The summed E-state index contributed by atoms with van der Waals surface area (Å²) in [5, 5.41) is 2.70. The molecule has 1 atom stereocenters. The highest BCUT2D eigenvalue weighted by atomic mass is 16.2. The molecule has 0 bridgehead atoms. The summed E-state index contributed by atoms with van der Waals surface area (Å²) in [6, 6.07) is -0.313. The topological polar surface area (TPSA) is 46.2 Å². The fourth-order valence-electron chi connectivity index (χ4n) is 1.37. The van der Waals surface area contributed by atoms with Crippen molar-refractivity contribution in [1.82, 2.24) is 5.32 Å². The third-order valence-electron chi connectivity index (χ3n) is 2.00. The van der Waals surface area contributed by atoms with Gasteiger partial charge in [0.25, 0.3) is 0 Å². The van der Waals surface area contributed by atoms with Crippen molar-refractivity contribution in [2.24, 2.45) is 11.8 Å². The molecule has 3 heteroatoms. The maximum Gasteiger partial charge on any atom is 0.217 e. The Balaban J connectivity index is 4.38. The van der Waals surface area contributed by atoms with Gasteiger partial charge in [-0.25, -0.2) is 0 Å². The van der Waals surface area contributed by atoms with Crippen LogP contribution < -0.4 is 5.32 Å². The van der Waals surface area contributed by atoms with Gasteiger partial charge in [-0.3, -0.25) is 9.59 Å². The van der Waals surface area contributed by atoms with Gasteiger partial charge in [-0.1, -0.05) is 27.7 Å². The SMILES string of the molecule is CC(=O)N[C@H](CC(C)C)C(=O)C(C)C. The summed E-state index contributed by atoms with van der Waals surface area (Å²) in [4.78, 5) is 22.6. The standard InChI is InChI=1S/C11H21NO2/c1-7(2)6-10(12-9(5)13)11(14)8(3)4/h7-8,10H,6H2,1-5H3,(H,12,13)/t10-/m1/s1. The minimum atomic E-state index is -0.313. The summed E-state index contributed by atoms with van der Waals surface area (Å²) in [6.07, 6.45) is 0.719. The molecule has 1 N–H and O–H groups in total. The molecule has 0 radical (unpaired) electrons. The predicted octanol–water partition coefficient (Wildman–Crippen LogP) is 1.76. The van der Waals surface area contributed by atoms with Crippen LogP contribution in [0.4, 0.5) is 0 Å². The summed E-state index contributed by atoms with van der Waals surface area (Å²) >= 11 is 0. The summed E-state index contributed by atoms with van der Waals surface area (Å²) in [5.41, 5.74) is 0. The van der Waals surface area contributed by atoms with E-state index in [4.69, 9.17) is 0 Å². The van der Waals surface area contributed by atoms with Crippen LogP contribution >= 0.6 is 0 Å². The number of carbonyl (C=O) groups is 2. The summed E-state index contributed by atoms with van der Waals surface area (Å²) < 4.78 is 0. The zero-order chi connectivity index (χ0) is 11.3. The van der Waals surface area contributed by atoms with Crippen molar-refractivity contribution in [3.8, 4) is 0 Å². The molecule has 0 aromatic heterocycles. The summed E-state index contributed by atoms with van der Waals surface area (Å²) in [7, 11) is 0. The van der Waals surface area contributed by atoms with Crippen LogP contribution in [0.15, 0.2) is 0 Å². The first-order valence-electron chi connectivity index (χ1n) is 5.15. The predicted molar refractivity (Wildman–Crippen MR) is 56.9 cm³/mol. The molecule has 82 valence electrons. The normalized spacial score (nSPS) is 13.1. The van der Waals surface area contributed by atoms with Crippen LogP contribution in [0.1, 0.15) is 41.0 Å². The molecule has 1 amide bonds. The highest BCUT2D eigenvalue weighted by Gasteiger charge is 2.22. The fraction of sp³-hybridized carbons (Fsp3) is 0.818. The third kappa shape index (κ3) is 5.00. The maximum atomic E-state index is 11.7. The van der Waals surface area contributed by atoms with Crippen LogP contribution in [0, 0.1) is 11.8 Å². The molecule has 0 aromatic carbocycles. The number of ketones is 1. The molecule has 0 saturated heterocycles. The number of Topliss-reactive ketones (excluding diaryl/α,β-unsaturated/α-hetero) is 1. The Morgan fingerprint density at radius 2 is 1.64 bits per heavy atom. The molecular weight excluding hydrogens is 178 g/mol. The van der Waals surface area contributed by atoms with Gasteiger partial charge in [-0.05, 0) is 12.3 Å². The van der Waals surface area contributed by atoms with Gasteiger partial charge in [0.15, 0.2) is 5.78 Å². The molecule has 14 heavy (non-hydrogen) atoms. The van der Waals surface area contributed by atoms with Crippen LogP contribution in [0.25, 0.3) is 0 Å². The first-order chi connectivity index (χ1) is 6.34. The van der Waals surface area contributed by atoms with Gasteiger partial charge in [0.2, 0.25) is 5.91 Å². The van der Waals surface area contributed by atoms with Crippen molar-refractivity contribution in [2.45, 2.75) is 47.1 Å². The van der Waals surface area contributed by atoms with Crippen molar-refractivity contribution in [3.63, 3.8) is 0 Å². The smallest absolute Gasteiger partial charge is 0.217 e. The lowest BCUT2D eigenvalue weighted by atomic mass is 9.94. The van der Waals surface area contributed by atoms with Crippen LogP contribution in [0.5, 0.6) is 0 Å². The summed E-state index contributed by atoms with van der Waals surface area (Å²) in [5.74, 6) is 0.374. The van der Waals surface area contributed by atoms with E-state index in [1.54, 1.807) is 0 Å². The second-order valence-electron chi connectivity index (χ2n) is 4.44. The number of carbonyl (C=O) groups excluding carboxylic acids is 2. The van der Waals surface area contributed by atoms with Crippen molar-refractivity contribution >= 4 is 11.7 Å². The zero-order valence-corrected chi connectivity index (χ0v) is 9.76. The van der Waals surface area contributed by atoms with Gasteiger partial charge >= 0.3 is 0 Å². The monoisotopic (exact) mass is 199 g/mol. The molecule has 0 aliphatic rings. The minimum absolute atomic E-state index is 0.0226. The first-order valence-corrected chi connectivity index (χ1v) is 5.15. The second kappa shape index (κ2) is 5.78. The number of rotatable bonds is 5. The van der Waals surface area contributed by atoms with Gasteiger partial charge < -0.3 is 5.32 Å². The van der Waals surface area contributed by atoms with Crippen LogP contribution in [0.3, 0.4) is 0 Å². The van der Waals surface area contributed by atoms with Crippen molar-refractivity contribution in [3.05, 3.63) is 0 Å². The Bertz CT molecular complexity index is 209. The average Bonchev–Trinajstić information content (AvgIpc) is 1.99. The largest absolute Gasteiger partial charge is 0.347 e. The Morgan fingerprint density at radius 1 is 1.14 bits per heavy atom. The van der Waals surface area contributed by atoms with E-state index in [-0.39, 0.29) is 23.7 Å². The van der Waals surface area contributed by atoms with E-state index >= 15 is 0 Å². The molecule has 0 heterocycles. The van der Waals surface area contributed by atoms with Crippen LogP contribution in [0.2, 0.25) is 0 Å². The Hall–Kier alpha value is -0.860. The molecule has 0 spiro atoms. The Kier molecular flexibility index (Phi) is 5.43. The minimum Gasteiger partial charge on any atom is -0.347 e. The van der Waals surface area contributed by atoms with Gasteiger partial charge in [-0.2, -0.15) is 0 Å². The lowest BCUT2D eigenvalue weighted by Gasteiger charge is -2.20. The lowest BCUT2D eigenvalue weighted by Crippen LogP contribution is -2.42. The second-order valence-corrected chi connectivity index (χ2v) is 4.44. The summed E-state index contributed by atoms with van der Waals surface area (Å²) in [6.45, 7) is 9.25. The molecule has 0 fully saturated rings. The van der Waals surface area contributed by atoms with Crippen molar-refractivity contribution < 1.29 is 9.59 Å². The highest BCUT2D eigenvalue weighted by molar-refractivity contribution is 5.89. The lowest BCUT2D eigenvalue weighted by molar-refractivity contribution is -0.129. The molecule has 0 rings (SSSR count). The third-order valence-corrected chi connectivity index (χ3v) is 2.00. The van der Waals surface area contributed by atoms with Crippen LogP contribution in [-0.4, -0.2) is 17.7 Å². The van der Waals surface area contributed by atoms with Crippen molar-refractivity contribution in [1.29, 1.82) is 0 Å². The van der Waals surface area contributed by atoms with Gasteiger partial charge in [-0.15, -0.1) is 0 Å². The first kappa shape index (κ1) is 13.1. The molecule has 0 unspecified atom stereocenters. The number of hydrogen-bond acceptors (Lipinski definition) is 2. The molecule has 0 aliphatic heterocycles. The van der Waals surface area contributed by atoms with Gasteiger partial charge in [0.05, 0.1) is 6.04 Å². The van der Waals surface area contributed by atoms with Crippen LogP contribution in [-0.2, 0) is 9.59 Å². The molecule has 3 nitrogen and oxygen atoms in total. The quantitative estimate of drug-likeness (QED) is 0.733. The van der Waals surface area contributed by atoms with E-state index in [1.165, 1.54) is 6.92 Å². The van der Waals surface area contributed by atoms with Crippen molar-refractivity contribution in [2.75, 3.05) is 0 Å². The van der Waals surface area contributed by atoms with E-state index in [0.717, 1.165) is 6.42 Å². The zero-order valence-electron chi connectivity index (χ0n) is 9.76. The highest BCUT2D eigenvalue weighted by Crippen LogP contribution is 2.10. The van der Waals surface area contributed by atoms with E-state index in [2.05, 4.69) is 5.32 Å². The van der Waals surface area contributed by atoms with E-state index < -0.39 is 0 Å². The maximum absolute atomic E-state index is 11.7. The number of nitrogens with one attached hydrogen (secondary N) is 1. The van der Waals surface area contributed by atoms with Gasteiger partial charge in [0.1, 0.15) is 0 Å². The number of hydrogen-bond donors (Lipinski definition) is 1. The Morgan fingerprint density at radius 3 is 1.93 bits per heavy atom. The molecule has 0 aliphatic carbocycles. The van der Waals surface area contributed by atoms with Gasteiger partial charge in [0, 0.05) is 12.8 Å². The molecule has 0 aromatic rings. The van der Waals surface area contributed by atoms with E-state index in [1.807, 2.05) is 27.7 Å². The van der Waals surface area contributed by atoms with E-state index in [9.17, 15) is 9.59 Å².